The molecule has 7 nitrogen and oxygen atoms in total. The maximum atomic E-state index is 11.9. The van der Waals surface area contributed by atoms with Crippen molar-refractivity contribution in [2.45, 2.75) is 12.5 Å². The number of carbonyl (C=O) groups excluding carboxylic acids is 1. The number of esters is 1. The number of para-hydroxylation sites is 1. The highest BCUT2D eigenvalue weighted by molar-refractivity contribution is 5.65. The molecule has 0 saturated heterocycles. The molecule has 3 rings (SSSR count). The molecule has 1 heterocycles. The predicted molar refractivity (Wildman–Crippen MR) is 93.2 cm³/mol. The van der Waals surface area contributed by atoms with Gasteiger partial charge in [-0.05, 0) is 17.7 Å². The van der Waals surface area contributed by atoms with Crippen LogP contribution in [0.2, 0.25) is 0 Å². The van der Waals surface area contributed by atoms with E-state index in [4.69, 9.17) is 9.47 Å². The second-order valence-corrected chi connectivity index (χ2v) is 5.85. The van der Waals surface area contributed by atoms with Gasteiger partial charge < -0.3 is 9.47 Å². The molecule has 0 saturated carbocycles. The lowest BCUT2D eigenvalue weighted by Crippen LogP contribution is -2.35. The van der Waals surface area contributed by atoms with E-state index in [1.54, 1.807) is 36.4 Å². The Bertz CT molecular complexity index is 942. The van der Waals surface area contributed by atoms with Gasteiger partial charge in [0.1, 0.15) is 6.61 Å². The van der Waals surface area contributed by atoms with Gasteiger partial charge in [0.05, 0.1) is 28.7 Å². The smallest absolute Gasteiger partial charge is 0.302 e. The van der Waals surface area contributed by atoms with E-state index in [0.717, 1.165) is 0 Å². The number of ether oxygens (including phenoxy) is 2. The third-order valence-corrected chi connectivity index (χ3v) is 4.14. The van der Waals surface area contributed by atoms with Gasteiger partial charge in [0.15, 0.2) is 5.54 Å². The summed E-state index contributed by atoms with van der Waals surface area (Å²) in [6, 6.07) is 16.1. The fraction of sp³-hybridized carbons (Fsp3) is 0.263. The number of fused-ring (bicyclic) bond motifs is 1. The molecule has 1 aliphatic heterocycles. The van der Waals surface area contributed by atoms with Crippen molar-refractivity contribution in [1.82, 2.24) is 0 Å². The number of hydrogen-bond donors (Lipinski definition) is 0. The molecule has 134 valence electrons. The van der Waals surface area contributed by atoms with Crippen molar-refractivity contribution in [2.75, 3.05) is 19.8 Å². The maximum Gasteiger partial charge on any atom is 0.302 e. The summed E-state index contributed by atoms with van der Waals surface area (Å²) in [7, 11) is 0. The topological polar surface area (TPSA) is 91.0 Å². The molecule has 0 aromatic heterocycles. The Balaban J connectivity index is 2.02. The number of hydrogen-bond acceptors (Lipinski definition) is 6. The van der Waals surface area contributed by atoms with Crippen LogP contribution in [-0.2, 0) is 19.8 Å². The van der Waals surface area contributed by atoms with Crippen LogP contribution in [0.15, 0.2) is 59.6 Å². The van der Waals surface area contributed by atoms with Crippen molar-refractivity contribution in [3.63, 3.8) is 0 Å². The summed E-state index contributed by atoms with van der Waals surface area (Å²) >= 11 is 0. The summed E-state index contributed by atoms with van der Waals surface area (Å²) in [5.41, 5.74) is -0.577. The monoisotopic (exact) mass is 354 g/mol. The van der Waals surface area contributed by atoms with Gasteiger partial charge in [-0.3, -0.25) is 19.9 Å². The van der Waals surface area contributed by atoms with Crippen LogP contribution in [0.25, 0.3) is 5.70 Å². The first kappa shape index (κ1) is 17.8. The second kappa shape index (κ2) is 7.45. The van der Waals surface area contributed by atoms with Crippen molar-refractivity contribution in [3.05, 3.63) is 80.9 Å². The number of nitro groups is 1. The van der Waals surface area contributed by atoms with E-state index in [2.05, 4.69) is 4.99 Å². The molecular weight excluding hydrogens is 336 g/mol. The van der Waals surface area contributed by atoms with Gasteiger partial charge in [-0.15, -0.1) is 0 Å². The minimum atomic E-state index is -1.25. The maximum absolute atomic E-state index is 11.9. The molecule has 0 amide bonds. The van der Waals surface area contributed by atoms with Crippen molar-refractivity contribution in [3.8, 4) is 0 Å². The van der Waals surface area contributed by atoms with Crippen molar-refractivity contribution >= 4 is 11.7 Å². The molecule has 1 unspecified atom stereocenters. The molecule has 0 fully saturated rings. The van der Waals surface area contributed by atoms with Gasteiger partial charge in [-0.25, -0.2) is 0 Å². The van der Waals surface area contributed by atoms with E-state index in [-0.39, 0.29) is 25.5 Å². The van der Waals surface area contributed by atoms with Gasteiger partial charge in [0.2, 0.25) is 0 Å². The Kier molecular flexibility index (Phi) is 5.09. The third-order valence-electron chi connectivity index (χ3n) is 4.14. The van der Waals surface area contributed by atoms with E-state index in [1.165, 1.54) is 6.92 Å². The second-order valence-electron chi connectivity index (χ2n) is 5.85. The Labute approximate surface area is 149 Å². The standard InChI is InChI=1S/C19H18N2O5/c1-14(22)26-12-11-25-13-19(15-7-3-2-4-8-15)18(21(23)24)16-9-5-6-10-17(16)20-19/h2-10H,11-13H2,1H3. The normalized spacial score (nSPS) is 18.1. The first-order valence-corrected chi connectivity index (χ1v) is 8.15. The number of nitrogens with zero attached hydrogens (tertiary/aromatic N) is 2. The fourth-order valence-corrected chi connectivity index (χ4v) is 3.07. The third kappa shape index (κ3) is 3.34. The van der Waals surface area contributed by atoms with Crippen molar-refractivity contribution in [1.29, 1.82) is 0 Å². The summed E-state index contributed by atoms with van der Waals surface area (Å²) in [4.78, 5) is 27.0. The van der Waals surface area contributed by atoms with Crippen LogP contribution < -0.4 is 10.6 Å². The average Bonchev–Trinajstić information content (AvgIpc) is 2.97. The molecule has 1 atom stereocenters. The molecule has 0 N–H and O–H groups in total. The molecule has 26 heavy (non-hydrogen) atoms. The van der Waals surface area contributed by atoms with Crippen LogP contribution in [0.4, 0.5) is 0 Å². The van der Waals surface area contributed by atoms with E-state index in [0.29, 0.717) is 16.1 Å². The number of carbonyl (C=O) groups is 1. The summed E-state index contributed by atoms with van der Waals surface area (Å²) in [6.07, 6.45) is 0. The number of benzene rings is 2. The van der Waals surface area contributed by atoms with Crippen LogP contribution in [0.3, 0.4) is 0 Å². The van der Waals surface area contributed by atoms with Gasteiger partial charge >= 0.3 is 5.97 Å². The minimum absolute atomic E-state index is 0.00761. The van der Waals surface area contributed by atoms with Crippen LogP contribution in [0.5, 0.6) is 0 Å². The Morgan fingerprint density at radius 1 is 1.12 bits per heavy atom. The first-order chi connectivity index (χ1) is 12.5. The Morgan fingerprint density at radius 3 is 2.50 bits per heavy atom. The zero-order valence-corrected chi connectivity index (χ0v) is 14.3. The van der Waals surface area contributed by atoms with Gasteiger partial charge in [-0.1, -0.05) is 42.5 Å². The van der Waals surface area contributed by atoms with Crippen LogP contribution in [0, 0.1) is 10.1 Å². The Morgan fingerprint density at radius 2 is 1.81 bits per heavy atom. The summed E-state index contributed by atoms with van der Waals surface area (Å²) in [5.74, 6) is -0.401. The highest BCUT2D eigenvalue weighted by atomic mass is 16.6. The van der Waals surface area contributed by atoms with E-state index in [1.807, 2.05) is 18.2 Å². The zero-order valence-electron chi connectivity index (χ0n) is 14.3. The first-order valence-electron chi connectivity index (χ1n) is 8.15. The molecule has 0 bridgehead atoms. The SMILES string of the molecule is CC(=O)OCCOCC1(c2ccccc2)N=c2ccccc2=C1[N+](=O)[O-]. The molecular formula is C19H18N2O5. The lowest BCUT2D eigenvalue weighted by Gasteiger charge is -2.25. The van der Waals surface area contributed by atoms with Gasteiger partial charge in [0, 0.05) is 6.92 Å². The van der Waals surface area contributed by atoms with Gasteiger partial charge in [-0.2, -0.15) is 0 Å². The highest BCUT2D eigenvalue weighted by Gasteiger charge is 2.48. The minimum Gasteiger partial charge on any atom is -0.463 e. The van der Waals surface area contributed by atoms with Crippen LogP contribution in [0.1, 0.15) is 12.5 Å². The van der Waals surface area contributed by atoms with E-state index >= 15 is 0 Å². The lowest BCUT2D eigenvalue weighted by atomic mass is 9.88. The number of rotatable bonds is 7. The van der Waals surface area contributed by atoms with Crippen molar-refractivity contribution in [2.24, 2.45) is 4.99 Å². The molecule has 0 spiro atoms. The summed E-state index contributed by atoms with van der Waals surface area (Å²) in [5, 5.41) is 13.0. The highest BCUT2D eigenvalue weighted by Crippen LogP contribution is 2.36. The lowest BCUT2D eigenvalue weighted by molar-refractivity contribution is -0.388. The van der Waals surface area contributed by atoms with Crippen LogP contribution in [-0.4, -0.2) is 30.7 Å². The van der Waals surface area contributed by atoms with Crippen molar-refractivity contribution < 1.29 is 19.2 Å². The largest absolute Gasteiger partial charge is 0.463 e. The molecule has 0 aliphatic carbocycles. The van der Waals surface area contributed by atoms with E-state index < -0.39 is 16.4 Å². The average molecular weight is 354 g/mol. The fourth-order valence-electron chi connectivity index (χ4n) is 3.07. The van der Waals surface area contributed by atoms with E-state index in [9.17, 15) is 14.9 Å². The van der Waals surface area contributed by atoms with Gasteiger partial charge in [0.25, 0.3) is 5.70 Å². The summed E-state index contributed by atoms with van der Waals surface area (Å²) in [6.45, 7) is 1.50. The van der Waals surface area contributed by atoms with Crippen LogP contribution >= 0.6 is 0 Å². The zero-order chi connectivity index (χ0) is 18.6. The Hall–Kier alpha value is -3.06. The summed E-state index contributed by atoms with van der Waals surface area (Å²) < 4.78 is 10.5. The molecule has 2 aromatic carbocycles. The molecule has 0 radical (unpaired) electrons. The quantitative estimate of drug-likeness (QED) is 0.322. The predicted octanol–water partition coefficient (Wildman–Crippen LogP) is 1.18. The molecule has 1 aliphatic rings. The molecule has 7 heteroatoms. The molecule has 2 aromatic rings.